The smallest absolute Gasteiger partial charge is 0.347 e. The molecule has 2 aliphatic heterocycles. The van der Waals surface area contributed by atoms with E-state index in [4.69, 9.17) is 33.2 Å². The summed E-state index contributed by atoms with van der Waals surface area (Å²) in [5.41, 5.74) is 1.09. The Bertz CT molecular complexity index is 2760. The number of ether oxygens (including phenoxy) is 8. The third-order valence-electron chi connectivity index (χ3n) is 22.2. The minimum Gasteiger partial charge on any atom is -0.463 e. The molecule has 2 heterocycles. The number of esters is 8. The topological polar surface area (TPSA) is 231 Å². The lowest BCUT2D eigenvalue weighted by atomic mass is 9.50. The lowest BCUT2D eigenvalue weighted by Gasteiger charge is -2.59. The van der Waals surface area contributed by atoms with Gasteiger partial charge in [0, 0.05) is 58.1 Å². The number of hydrogen-bond donors (Lipinski definition) is 1. The van der Waals surface area contributed by atoms with Crippen LogP contribution in [0.5, 0.6) is 0 Å². The monoisotopic (exact) mass is 1280 g/mol. The summed E-state index contributed by atoms with van der Waals surface area (Å²) in [6.07, 6.45) is 29.1. The van der Waals surface area contributed by atoms with Gasteiger partial charge in [-0.1, -0.05) is 79.0 Å². The van der Waals surface area contributed by atoms with Gasteiger partial charge in [-0.3, -0.25) is 4.79 Å². The molecular weight excluding hydrogens is 1170 g/mol. The standard InChI is InChI=1S/C15H22O2.C14H20O3.C14H24O2.C12H14O4.C12H20O2.C8H10O4/c1-9(2)14(16)17-15(3)12-5-10-4-11(7-12)8-13(15)6-10;1-9(2)12(15)17-14-6-10-3-11(7-14)5-13(16,4-10)8-14;1-4-14(16-13(15)12(2)3)10-8-6-5-7-9-11-14;1-5(2)11(13)16-10-6-3-7-8(4-6)15-12(14)9(7)10;1-4-12(8-6-5-7-9-12)14-11(13)10(2)3;1-5(2)7(9)12-6-3-4-11-8(6)10/h10-13H,1,4-8H2,2-3H3;10-11,16H,1,3-8H2,2H3;2,4-11H2,1,3H3;6-10H,1,3-4H2,2H3;2,4-9H2,1,3H3;6H,1,3-4H2,2H3. The SMILES string of the molecule is C=C(C)C(=O)OC1(C)C2CC3CC(C2)CC1C3.C=C(C)C(=O)OC1(CC)CCCCC1.C=C(C)C(=O)OC1(CC)CCCCCCC1.C=C(C)C(=O)OC12CC3CC(CC(O)(C3)C1)C2.C=C(C)C(=O)OC1C2CC3OC(=O)C1C3C2.C=C(C)C(=O)OC1CCOC1=O. The Hall–Kier alpha value is -5.84. The van der Waals surface area contributed by atoms with E-state index in [2.05, 4.69) is 65.0 Å². The Balaban J connectivity index is 0.000000157. The molecular formula is C75H110O17. The van der Waals surface area contributed by atoms with Crippen LogP contribution in [0.2, 0.25) is 0 Å². The van der Waals surface area contributed by atoms with E-state index >= 15 is 0 Å². The van der Waals surface area contributed by atoms with Gasteiger partial charge >= 0.3 is 47.8 Å². The maximum absolute atomic E-state index is 11.8. The minimum absolute atomic E-state index is 0.0854. The van der Waals surface area contributed by atoms with Crippen LogP contribution < -0.4 is 0 Å². The second-order valence-corrected chi connectivity index (χ2v) is 30.1. The number of rotatable bonds is 14. The fourth-order valence-electron chi connectivity index (χ4n) is 17.6. The van der Waals surface area contributed by atoms with Crippen LogP contribution in [-0.2, 0) is 76.3 Å². The number of carbonyl (C=O) groups is 8. The molecule has 2 saturated heterocycles. The van der Waals surface area contributed by atoms with Crippen molar-refractivity contribution in [1.29, 1.82) is 0 Å². The summed E-state index contributed by atoms with van der Waals surface area (Å²) in [6, 6.07) is 0. The molecule has 12 saturated carbocycles. The Morgan fingerprint density at radius 2 is 0.913 bits per heavy atom. The fraction of sp³-hybridized carbons (Fsp3) is 0.733. The van der Waals surface area contributed by atoms with E-state index in [0.29, 0.717) is 76.9 Å². The van der Waals surface area contributed by atoms with Gasteiger partial charge in [0.25, 0.3) is 0 Å². The van der Waals surface area contributed by atoms with Crippen molar-refractivity contribution in [2.45, 2.75) is 288 Å². The highest BCUT2D eigenvalue weighted by Crippen LogP contribution is 2.61. The molecule has 0 radical (unpaired) electrons. The zero-order valence-corrected chi connectivity index (χ0v) is 57.2. The Morgan fingerprint density at radius 3 is 1.34 bits per heavy atom. The van der Waals surface area contributed by atoms with Crippen molar-refractivity contribution < 1.29 is 81.4 Å². The van der Waals surface area contributed by atoms with Gasteiger partial charge in [0.15, 0.2) is 0 Å². The minimum atomic E-state index is -0.728. The van der Waals surface area contributed by atoms with Crippen LogP contribution >= 0.6 is 0 Å². The van der Waals surface area contributed by atoms with E-state index in [1.165, 1.54) is 96.8 Å². The summed E-state index contributed by atoms with van der Waals surface area (Å²) in [6.45, 7) is 38.2. The van der Waals surface area contributed by atoms with Crippen molar-refractivity contribution in [3.8, 4) is 0 Å². The maximum atomic E-state index is 11.8. The van der Waals surface area contributed by atoms with Crippen molar-refractivity contribution >= 4 is 47.8 Å². The van der Waals surface area contributed by atoms with Gasteiger partial charge < -0.3 is 43.0 Å². The average molecular weight is 1280 g/mol. The molecule has 14 fully saturated rings. The van der Waals surface area contributed by atoms with Crippen molar-refractivity contribution in [2.75, 3.05) is 6.61 Å². The second kappa shape index (κ2) is 31.1. The molecule has 0 aromatic rings. The van der Waals surface area contributed by atoms with Crippen molar-refractivity contribution in [1.82, 2.24) is 0 Å². The second-order valence-electron chi connectivity index (χ2n) is 30.1. The van der Waals surface area contributed by atoms with E-state index in [1.807, 2.05) is 0 Å². The van der Waals surface area contributed by atoms with E-state index in [0.717, 1.165) is 88.9 Å². The molecule has 1 N–H and O–H groups in total. The number of aliphatic hydroxyl groups is 1. The van der Waals surface area contributed by atoms with Gasteiger partial charge in [0.1, 0.15) is 40.5 Å². The van der Waals surface area contributed by atoms with E-state index < -0.39 is 35.2 Å². The summed E-state index contributed by atoms with van der Waals surface area (Å²) in [5, 5.41) is 10.5. The van der Waals surface area contributed by atoms with Crippen LogP contribution in [0.4, 0.5) is 0 Å². The summed E-state index contributed by atoms with van der Waals surface area (Å²) < 4.78 is 42.8. The first-order valence-corrected chi connectivity index (χ1v) is 34.6. The molecule has 17 heteroatoms. The van der Waals surface area contributed by atoms with Crippen LogP contribution in [0, 0.1) is 53.3 Å². The van der Waals surface area contributed by atoms with Gasteiger partial charge in [-0.2, -0.15) is 0 Å². The summed E-state index contributed by atoms with van der Waals surface area (Å²) in [7, 11) is 0. The molecule has 12 aliphatic carbocycles. The molecule has 92 heavy (non-hydrogen) atoms. The number of fused-ring (bicyclic) bond motifs is 1. The largest absolute Gasteiger partial charge is 0.463 e. The highest BCUT2D eigenvalue weighted by atomic mass is 16.6. The van der Waals surface area contributed by atoms with Crippen LogP contribution in [0.25, 0.3) is 0 Å². The van der Waals surface area contributed by atoms with Crippen LogP contribution in [0.3, 0.4) is 0 Å². The van der Waals surface area contributed by atoms with Crippen molar-refractivity contribution in [2.24, 2.45) is 53.3 Å². The third-order valence-corrected chi connectivity index (χ3v) is 22.2. The maximum Gasteiger partial charge on any atom is 0.347 e. The zero-order valence-electron chi connectivity index (χ0n) is 57.2. The van der Waals surface area contributed by atoms with Gasteiger partial charge in [-0.15, -0.1) is 0 Å². The van der Waals surface area contributed by atoms with E-state index in [-0.39, 0.29) is 76.3 Å². The number of cyclic esters (lactones) is 1. The molecule has 10 bridgehead atoms. The Morgan fingerprint density at radius 1 is 0.500 bits per heavy atom. The lowest BCUT2D eigenvalue weighted by Crippen LogP contribution is -2.60. The molecule has 14 rings (SSSR count). The summed E-state index contributed by atoms with van der Waals surface area (Å²) >= 11 is 0. The van der Waals surface area contributed by atoms with Crippen LogP contribution in [-0.4, -0.2) is 106 Å². The Kier molecular flexibility index (Phi) is 24.9. The molecule has 0 aromatic heterocycles. The van der Waals surface area contributed by atoms with Crippen LogP contribution in [0.15, 0.2) is 72.9 Å². The first-order chi connectivity index (χ1) is 43.3. The average Bonchev–Trinajstić information content (AvgIpc) is 1.04. The molecule has 14 aliphatic rings. The van der Waals surface area contributed by atoms with Gasteiger partial charge in [0.05, 0.1) is 12.2 Å². The Labute approximate surface area is 548 Å². The molecule has 17 nitrogen and oxygen atoms in total. The predicted molar refractivity (Wildman–Crippen MR) is 347 cm³/mol. The zero-order chi connectivity index (χ0) is 67.7. The molecule has 512 valence electrons. The molecule has 0 aromatic carbocycles. The molecule has 0 amide bonds. The highest BCUT2D eigenvalue weighted by molar-refractivity contribution is 5.91. The highest BCUT2D eigenvalue weighted by Gasteiger charge is 2.64. The number of carbonyl (C=O) groups excluding carboxylic acids is 8. The first-order valence-electron chi connectivity index (χ1n) is 34.6. The van der Waals surface area contributed by atoms with Gasteiger partial charge in [0.2, 0.25) is 6.10 Å². The fourth-order valence-corrected chi connectivity index (χ4v) is 17.6. The van der Waals surface area contributed by atoms with Crippen molar-refractivity contribution in [3.63, 3.8) is 0 Å². The van der Waals surface area contributed by atoms with E-state index in [1.54, 1.807) is 34.6 Å². The molecule has 8 unspecified atom stereocenters. The molecule has 8 atom stereocenters. The van der Waals surface area contributed by atoms with Gasteiger partial charge in [-0.05, 0) is 225 Å². The summed E-state index contributed by atoms with van der Waals surface area (Å²) in [5.74, 6) is 1.94. The van der Waals surface area contributed by atoms with Crippen molar-refractivity contribution in [3.05, 3.63) is 72.9 Å². The third kappa shape index (κ3) is 18.3. The van der Waals surface area contributed by atoms with Crippen LogP contribution in [0.1, 0.15) is 242 Å². The first kappa shape index (κ1) is 73.6. The molecule has 0 spiro atoms. The van der Waals surface area contributed by atoms with E-state index in [9.17, 15) is 43.5 Å². The lowest BCUT2D eigenvalue weighted by molar-refractivity contribution is -0.217. The predicted octanol–water partition coefficient (Wildman–Crippen LogP) is 14.2. The number of hydrogen-bond acceptors (Lipinski definition) is 17. The quantitative estimate of drug-likeness (QED) is 0.0968. The van der Waals surface area contributed by atoms with Gasteiger partial charge in [-0.25, -0.2) is 33.6 Å². The normalized spacial score (nSPS) is 34.4. The summed E-state index contributed by atoms with van der Waals surface area (Å²) in [4.78, 5) is 91.5.